The van der Waals surface area contributed by atoms with Gasteiger partial charge in [-0.3, -0.25) is 4.90 Å². The standard InChI is InChI=1S/C16H24N2O4S/c1-12-6-15(17-22-12)7-18-10-16(11-18)14(4-5-23(16,19)20)9-21-8-13-2-3-13/h6,13-14H,2-5,7-11H2,1H3/t14-/m0/s1. The van der Waals surface area contributed by atoms with Crippen LogP contribution in [0.1, 0.15) is 30.7 Å². The molecule has 128 valence electrons. The Morgan fingerprint density at radius 2 is 2.13 bits per heavy atom. The Bertz CT molecular complexity index is 674. The zero-order chi connectivity index (χ0) is 16.1. The van der Waals surface area contributed by atoms with Crippen LogP contribution in [0.5, 0.6) is 0 Å². The summed E-state index contributed by atoms with van der Waals surface area (Å²) < 4.78 is 35.4. The summed E-state index contributed by atoms with van der Waals surface area (Å²) in [6, 6.07) is 1.91. The van der Waals surface area contributed by atoms with E-state index in [4.69, 9.17) is 9.26 Å². The second-order valence-electron chi connectivity index (χ2n) is 7.42. The molecule has 0 unspecified atom stereocenters. The van der Waals surface area contributed by atoms with Crippen molar-refractivity contribution in [1.82, 2.24) is 10.1 Å². The minimum Gasteiger partial charge on any atom is -0.381 e. The van der Waals surface area contributed by atoms with Crippen molar-refractivity contribution in [1.29, 1.82) is 0 Å². The van der Waals surface area contributed by atoms with Gasteiger partial charge in [-0.2, -0.15) is 0 Å². The van der Waals surface area contributed by atoms with Gasteiger partial charge in [-0.1, -0.05) is 5.16 Å². The molecule has 1 atom stereocenters. The Hall–Kier alpha value is -0.920. The molecule has 23 heavy (non-hydrogen) atoms. The molecule has 3 fully saturated rings. The molecule has 3 heterocycles. The van der Waals surface area contributed by atoms with Crippen LogP contribution in [0.2, 0.25) is 0 Å². The molecular formula is C16H24N2O4S. The molecule has 3 aliphatic rings. The first-order chi connectivity index (χ1) is 11.0. The van der Waals surface area contributed by atoms with Crippen LogP contribution < -0.4 is 0 Å². The third-order valence-electron chi connectivity index (χ3n) is 5.51. The van der Waals surface area contributed by atoms with Crippen LogP contribution in [-0.4, -0.2) is 55.3 Å². The van der Waals surface area contributed by atoms with Gasteiger partial charge in [0.2, 0.25) is 0 Å². The Balaban J connectivity index is 1.38. The number of aromatic nitrogens is 1. The molecule has 0 amide bonds. The van der Waals surface area contributed by atoms with Gasteiger partial charge in [0.05, 0.1) is 18.1 Å². The van der Waals surface area contributed by atoms with E-state index in [1.54, 1.807) is 0 Å². The summed E-state index contributed by atoms with van der Waals surface area (Å²) in [5.74, 6) is 1.95. The Labute approximate surface area is 137 Å². The smallest absolute Gasteiger partial charge is 0.158 e. The molecular weight excluding hydrogens is 316 g/mol. The maximum atomic E-state index is 12.6. The van der Waals surface area contributed by atoms with Crippen molar-refractivity contribution < 1.29 is 17.7 Å². The zero-order valence-electron chi connectivity index (χ0n) is 13.5. The van der Waals surface area contributed by atoms with E-state index in [0.29, 0.717) is 32.0 Å². The highest BCUT2D eigenvalue weighted by atomic mass is 32.2. The number of likely N-dealkylation sites (tertiary alicyclic amines) is 1. The molecule has 1 saturated carbocycles. The van der Waals surface area contributed by atoms with E-state index in [2.05, 4.69) is 10.1 Å². The monoisotopic (exact) mass is 340 g/mol. The van der Waals surface area contributed by atoms with Gasteiger partial charge < -0.3 is 9.26 Å². The van der Waals surface area contributed by atoms with Gasteiger partial charge in [-0.15, -0.1) is 0 Å². The van der Waals surface area contributed by atoms with Crippen LogP contribution in [0.4, 0.5) is 0 Å². The SMILES string of the molecule is Cc1cc(CN2CC3(C2)[C@H](COCC2CC2)CCS3(=O)=O)no1. The first-order valence-electron chi connectivity index (χ1n) is 8.43. The lowest BCUT2D eigenvalue weighted by Gasteiger charge is -2.49. The van der Waals surface area contributed by atoms with Gasteiger partial charge >= 0.3 is 0 Å². The highest BCUT2D eigenvalue weighted by molar-refractivity contribution is 7.93. The lowest BCUT2D eigenvalue weighted by Crippen LogP contribution is -2.67. The number of hydrogen-bond acceptors (Lipinski definition) is 6. The average molecular weight is 340 g/mol. The summed E-state index contributed by atoms with van der Waals surface area (Å²) >= 11 is 0. The summed E-state index contributed by atoms with van der Waals surface area (Å²) in [5.41, 5.74) is 0.870. The second kappa shape index (κ2) is 5.57. The molecule has 1 spiro atoms. The number of ether oxygens (including phenoxy) is 1. The fourth-order valence-electron chi connectivity index (χ4n) is 3.91. The van der Waals surface area contributed by atoms with Crippen LogP contribution in [0.25, 0.3) is 0 Å². The molecule has 4 rings (SSSR count). The summed E-state index contributed by atoms with van der Waals surface area (Å²) in [4.78, 5) is 2.15. The fraction of sp³-hybridized carbons (Fsp3) is 0.812. The number of aryl methyl sites for hydroxylation is 1. The van der Waals surface area contributed by atoms with Crippen molar-refractivity contribution >= 4 is 9.84 Å². The Morgan fingerprint density at radius 3 is 2.78 bits per heavy atom. The summed E-state index contributed by atoms with van der Waals surface area (Å²) in [6.45, 7) is 5.10. The van der Waals surface area contributed by atoms with E-state index in [1.165, 1.54) is 12.8 Å². The van der Waals surface area contributed by atoms with E-state index in [9.17, 15) is 8.42 Å². The highest BCUT2D eigenvalue weighted by Gasteiger charge is 2.61. The van der Waals surface area contributed by atoms with Gasteiger partial charge in [-0.05, 0) is 32.1 Å². The molecule has 0 bridgehead atoms. The third-order valence-corrected chi connectivity index (χ3v) is 8.12. The molecule has 1 aromatic rings. The average Bonchev–Trinajstić information content (AvgIpc) is 3.13. The molecule has 1 aliphatic carbocycles. The lowest BCUT2D eigenvalue weighted by molar-refractivity contribution is 0.0218. The van der Waals surface area contributed by atoms with E-state index >= 15 is 0 Å². The first-order valence-corrected chi connectivity index (χ1v) is 10.1. The molecule has 0 aromatic carbocycles. The van der Waals surface area contributed by atoms with Crippen LogP contribution in [-0.2, 0) is 21.1 Å². The van der Waals surface area contributed by atoms with E-state index < -0.39 is 14.6 Å². The summed E-state index contributed by atoms with van der Waals surface area (Å²) in [6.07, 6.45) is 3.27. The van der Waals surface area contributed by atoms with Crippen molar-refractivity contribution in [2.24, 2.45) is 11.8 Å². The largest absolute Gasteiger partial charge is 0.381 e. The molecule has 0 radical (unpaired) electrons. The van der Waals surface area contributed by atoms with Crippen molar-refractivity contribution in [2.45, 2.75) is 37.5 Å². The van der Waals surface area contributed by atoms with Crippen molar-refractivity contribution in [2.75, 3.05) is 32.1 Å². The van der Waals surface area contributed by atoms with Crippen molar-refractivity contribution in [3.05, 3.63) is 17.5 Å². The molecule has 7 heteroatoms. The van der Waals surface area contributed by atoms with Crippen LogP contribution in [0.3, 0.4) is 0 Å². The molecule has 2 saturated heterocycles. The summed E-state index contributed by atoms with van der Waals surface area (Å²) in [5, 5.41) is 3.99. The van der Waals surface area contributed by atoms with Gasteiger partial charge in [0.1, 0.15) is 10.5 Å². The lowest BCUT2D eigenvalue weighted by atomic mass is 9.83. The minimum absolute atomic E-state index is 0.140. The number of nitrogens with zero attached hydrogens (tertiary/aromatic N) is 2. The van der Waals surface area contributed by atoms with Gasteiger partial charge in [0.15, 0.2) is 9.84 Å². The predicted molar refractivity (Wildman–Crippen MR) is 84.7 cm³/mol. The van der Waals surface area contributed by atoms with Gasteiger partial charge in [0.25, 0.3) is 0 Å². The topological polar surface area (TPSA) is 72.6 Å². The first kappa shape index (κ1) is 15.6. The van der Waals surface area contributed by atoms with Gasteiger partial charge in [0, 0.05) is 38.2 Å². The van der Waals surface area contributed by atoms with Crippen LogP contribution >= 0.6 is 0 Å². The number of hydrogen-bond donors (Lipinski definition) is 0. The quantitative estimate of drug-likeness (QED) is 0.779. The molecule has 0 N–H and O–H groups in total. The van der Waals surface area contributed by atoms with Crippen molar-refractivity contribution in [3.8, 4) is 0 Å². The predicted octanol–water partition coefficient (Wildman–Crippen LogP) is 1.40. The van der Waals surface area contributed by atoms with E-state index in [0.717, 1.165) is 30.4 Å². The van der Waals surface area contributed by atoms with Crippen LogP contribution in [0.15, 0.2) is 10.6 Å². The van der Waals surface area contributed by atoms with E-state index in [-0.39, 0.29) is 5.92 Å². The highest BCUT2D eigenvalue weighted by Crippen LogP contribution is 2.45. The van der Waals surface area contributed by atoms with E-state index in [1.807, 2.05) is 13.0 Å². The van der Waals surface area contributed by atoms with Crippen LogP contribution in [0, 0.1) is 18.8 Å². The maximum Gasteiger partial charge on any atom is 0.158 e. The maximum absolute atomic E-state index is 12.6. The molecule has 1 aromatic heterocycles. The Morgan fingerprint density at radius 1 is 1.35 bits per heavy atom. The van der Waals surface area contributed by atoms with Gasteiger partial charge in [-0.25, -0.2) is 8.42 Å². The number of sulfone groups is 1. The Kier molecular flexibility index (Phi) is 3.77. The second-order valence-corrected chi connectivity index (χ2v) is 9.87. The molecule has 2 aliphatic heterocycles. The summed E-state index contributed by atoms with van der Waals surface area (Å²) in [7, 11) is -3.02. The fourth-order valence-corrected chi connectivity index (χ4v) is 6.37. The zero-order valence-corrected chi connectivity index (χ0v) is 14.3. The normalized spacial score (nSPS) is 29.0. The molecule has 6 nitrogen and oxygen atoms in total. The minimum atomic E-state index is -3.02. The van der Waals surface area contributed by atoms with Crippen molar-refractivity contribution in [3.63, 3.8) is 0 Å². The third kappa shape index (κ3) is 2.83. The number of rotatable bonds is 6.